The van der Waals surface area contributed by atoms with Crippen molar-refractivity contribution >= 4 is 17.5 Å². The SMILES string of the molecule is C=CC(=O)Nc1ccc(O)c(C(=O)N(C)C(CC)c2cccc(OC)c2)c1. The highest BCUT2D eigenvalue weighted by Gasteiger charge is 2.24. The molecule has 2 aromatic carbocycles. The summed E-state index contributed by atoms with van der Waals surface area (Å²) >= 11 is 0. The summed E-state index contributed by atoms with van der Waals surface area (Å²) in [6.45, 7) is 5.38. The van der Waals surface area contributed by atoms with Crippen LogP contribution >= 0.6 is 0 Å². The van der Waals surface area contributed by atoms with Crippen LogP contribution in [0.5, 0.6) is 11.5 Å². The lowest BCUT2D eigenvalue weighted by atomic mass is 10.0. The Morgan fingerprint density at radius 1 is 1.30 bits per heavy atom. The molecule has 1 unspecified atom stereocenters. The zero-order valence-electron chi connectivity index (χ0n) is 15.7. The van der Waals surface area contributed by atoms with Gasteiger partial charge in [-0.05, 0) is 48.4 Å². The molecule has 2 N–H and O–H groups in total. The van der Waals surface area contributed by atoms with E-state index in [1.54, 1.807) is 19.1 Å². The van der Waals surface area contributed by atoms with Gasteiger partial charge in [0.15, 0.2) is 0 Å². The van der Waals surface area contributed by atoms with E-state index >= 15 is 0 Å². The molecule has 0 heterocycles. The Morgan fingerprint density at radius 2 is 2.04 bits per heavy atom. The topological polar surface area (TPSA) is 78.9 Å². The highest BCUT2D eigenvalue weighted by Crippen LogP contribution is 2.30. The third kappa shape index (κ3) is 4.67. The van der Waals surface area contributed by atoms with Crippen LogP contribution in [0.25, 0.3) is 0 Å². The summed E-state index contributed by atoms with van der Waals surface area (Å²) in [6, 6.07) is 11.7. The van der Waals surface area contributed by atoms with Gasteiger partial charge in [0.05, 0.1) is 18.7 Å². The maximum Gasteiger partial charge on any atom is 0.257 e. The number of aromatic hydroxyl groups is 1. The van der Waals surface area contributed by atoms with Crippen molar-refractivity contribution in [1.82, 2.24) is 4.90 Å². The monoisotopic (exact) mass is 368 g/mol. The number of hydrogen-bond donors (Lipinski definition) is 2. The molecule has 0 aliphatic heterocycles. The number of ether oxygens (including phenoxy) is 1. The minimum absolute atomic E-state index is 0.112. The van der Waals surface area contributed by atoms with Crippen molar-refractivity contribution in [2.45, 2.75) is 19.4 Å². The summed E-state index contributed by atoms with van der Waals surface area (Å²) in [6.07, 6.45) is 1.82. The quantitative estimate of drug-likeness (QED) is 0.576. The summed E-state index contributed by atoms with van der Waals surface area (Å²) in [5, 5.41) is 12.7. The zero-order valence-corrected chi connectivity index (χ0v) is 15.7. The van der Waals surface area contributed by atoms with Gasteiger partial charge in [0, 0.05) is 12.7 Å². The van der Waals surface area contributed by atoms with Gasteiger partial charge in [-0.1, -0.05) is 25.6 Å². The van der Waals surface area contributed by atoms with Gasteiger partial charge in [0.25, 0.3) is 5.91 Å². The number of nitrogens with zero attached hydrogens (tertiary/aromatic N) is 1. The normalized spacial score (nSPS) is 11.4. The Hall–Kier alpha value is -3.28. The van der Waals surface area contributed by atoms with Gasteiger partial charge in [-0.2, -0.15) is 0 Å². The van der Waals surface area contributed by atoms with Crippen molar-refractivity contribution in [2.75, 3.05) is 19.5 Å². The molecule has 6 nitrogen and oxygen atoms in total. The van der Waals surface area contributed by atoms with Crippen LogP contribution in [-0.2, 0) is 4.79 Å². The van der Waals surface area contributed by atoms with Gasteiger partial charge in [-0.3, -0.25) is 9.59 Å². The fourth-order valence-electron chi connectivity index (χ4n) is 2.89. The second-order valence-corrected chi connectivity index (χ2v) is 6.04. The number of benzene rings is 2. The van der Waals surface area contributed by atoms with E-state index in [4.69, 9.17) is 4.74 Å². The van der Waals surface area contributed by atoms with Gasteiger partial charge < -0.3 is 20.1 Å². The van der Waals surface area contributed by atoms with Gasteiger partial charge in [0.1, 0.15) is 11.5 Å². The minimum atomic E-state index is -0.393. The molecule has 6 heteroatoms. The fourth-order valence-corrected chi connectivity index (χ4v) is 2.89. The average Bonchev–Trinajstić information content (AvgIpc) is 2.69. The smallest absolute Gasteiger partial charge is 0.257 e. The molecule has 2 amide bonds. The summed E-state index contributed by atoms with van der Waals surface area (Å²) in [7, 11) is 3.28. The first-order chi connectivity index (χ1) is 12.9. The molecule has 0 radical (unpaired) electrons. The Bertz CT molecular complexity index is 848. The van der Waals surface area contributed by atoms with E-state index in [1.165, 1.54) is 18.2 Å². The highest BCUT2D eigenvalue weighted by molar-refractivity contribution is 6.02. The molecule has 0 spiro atoms. The van der Waals surface area contributed by atoms with Crippen molar-refractivity contribution in [3.8, 4) is 11.5 Å². The number of amides is 2. The largest absolute Gasteiger partial charge is 0.507 e. The van der Waals surface area contributed by atoms with Crippen LogP contribution in [-0.4, -0.2) is 36.0 Å². The number of hydrogen-bond acceptors (Lipinski definition) is 4. The van der Waals surface area contributed by atoms with Gasteiger partial charge in [-0.15, -0.1) is 0 Å². The summed E-state index contributed by atoms with van der Waals surface area (Å²) in [4.78, 5) is 26.1. The number of carbonyl (C=O) groups excluding carboxylic acids is 2. The molecule has 0 aromatic heterocycles. The van der Waals surface area contributed by atoms with Crippen molar-refractivity contribution in [1.29, 1.82) is 0 Å². The zero-order chi connectivity index (χ0) is 20.0. The molecule has 0 bridgehead atoms. The number of anilines is 1. The first-order valence-corrected chi connectivity index (χ1v) is 8.58. The maximum atomic E-state index is 13.0. The van der Waals surface area contributed by atoms with Gasteiger partial charge in [-0.25, -0.2) is 0 Å². The highest BCUT2D eigenvalue weighted by atomic mass is 16.5. The molecule has 0 saturated heterocycles. The van der Waals surface area contributed by atoms with E-state index in [-0.39, 0.29) is 23.3 Å². The van der Waals surface area contributed by atoms with E-state index in [9.17, 15) is 14.7 Å². The lowest BCUT2D eigenvalue weighted by Gasteiger charge is -2.28. The van der Waals surface area contributed by atoms with Gasteiger partial charge in [0.2, 0.25) is 5.91 Å². The van der Waals surface area contributed by atoms with Crippen LogP contribution in [0.2, 0.25) is 0 Å². The van der Waals surface area contributed by atoms with Crippen molar-refractivity contribution in [3.63, 3.8) is 0 Å². The molecule has 1 atom stereocenters. The Labute approximate surface area is 159 Å². The number of rotatable bonds is 7. The Kier molecular flexibility index (Phi) is 6.60. The van der Waals surface area contributed by atoms with E-state index in [1.807, 2.05) is 31.2 Å². The number of phenols is 1. The maximum absolute atomic E-state index is 13.0. The first-order valence-electron chi connectivity index (χ1n) is 8.58. The molecule has 0 aliphatic carbocycles. The molecular formula is C21H24N2O4. The van der Waals surface area contributed by atoms with E-state index in [2.05, 4.69) is 11.9 Å². The second-order valence-electron chi connectivity index (χ2n) is 6.04. The average molecular weight is 368 g/mol. The number of carbonyl (C=O) groups is 2. The molecular weight excluding hydrogens is 344 g/mol. The minimum Gasteiger partial charge on any atom is -0.507 e. The summed E-state index contributed by atoms with van der Waals surface area (Å²) in [5.41, 5.74) is 1.45. The first kappa shape index (κ1) is 20.0. The van der Waals surface area contributed by atoms with Crippen LogP contribution in [0.15, 0.2) is 55.1 Å². The summed E-state index contributed by atoms with van der Waals surface area (Å²) in [5.74, 6) is -0.181. The molecule has 0 saturated carbocycles. The van der Waals surface area contributed by atoms with Crippen LogP contribution in [0, 0.1) is 0 Å². The van der Waals surface area contributed by atoms with E-state index in [0.717, 1.165) is 11.6 Å². The number of methoxy groups -OCH3 is 1. The van der Waals surface area contributed by atoms with Crippen LogP contribution in [0.4, 0.5) is 5.69 Å². The molecule has 2 rings (SSSR count). The second kappa shape index (κ2) is 8.89. The molecule has 27 heavy (non-hydrogen) atoms. The van der Waals surface area contributed by atoms with E-state index in [0.29, 0.717) is 17.9 Å². The standard InChI is InChI=1S/C21H24N2O4/c1-5-18(14-8-7-9-16(12-14)27-4)23(3)21(26)17-13-15(10-11-19(17)24)22-20(25)6-2/h6-13,18,24H,2,5H2,1,3-4H3,(H,22,25). The van der Waals surface area contributed by atoms with Crippen molar-refractivity contribution in [2.24, 2.45) is 0 Å². The lowest BCUT2D eigenvalue weighted by molar-refractivity contribution is -0.111. The molecule has 2 aromatic rings. The predicted octanol–water partition coefficient (Wildman–Crippen LogP) is 3.75. The van der Waals surface area contributed by atoms with Crippen molar-refractivity contribution in [3.05, 3.63) is 66.2 Å². The summed E-state index contributed by atoms with van der Waals surface area (Å²) < 4.78 is 5.27. The number of nitrogens with one attached hydrogen (secondary N) is 1. The van der Waals surface area contributed by atoms with Gasteiger partial charge >= 0.3 is 0 Å². The van der Waals surface area contributed by atoms with E-state index < -0.39 is 5.91 Å². The lowest BCUT2D eigenvalue weighted by Crippen LogP contribution is -2.31. The molecule has 0 fully saturated rings. The number of phenolic OH excluding ortho intramolecular Hbond substituents is 1. The predicted molar refractivity (Wildman–Crippen MR) is 105 cm³/mol. The third-order valence-electron chi connectivity index (χ3n) is 4.33. The Morgan fingerprint density at radius 3 is 2.67 bits per heavy atom. The molecule has 0 aliphatic rings. The van der Waals surface area contributed by atoms with Crippen LogP contribution in [0.1, 0.15) is 35.3 Å². The van der Waals surface area contributed by atoms with Crippen LogP contribution < -0.4 is 10.1 Å². The molecule has 142 valence electrons. The third-order valence-corrected chi connectivity index (χ3v) is 4.33. The fraction of sp³-hybridized carbons (Fsp3) is 0.238. The Balaban J connectivity index is 2.32. The van der Waals surface area contributed by atoms with Crippen LogP contribution in [0.3, 0.4) is 0 Å². The van der Waals surface area contributed by atoms with Crippen molar-refractivity contribution < 1.29 is 19.4 Å².